The first kappa shape index (κ1) is 19.8. The molecule has 26 heavy (non-hydrogen) atoms. The Kier molecular flexibility index (Phi) is 6.63. The summed E-state index contributed by atoms with van der Waals surface area (Å²) >= 11 is 0. The minimum absolute atomic E-state index is 0.121. The van der Waals surface area contributed by atoms with Crippen molar-refractivity contribution in [1.29, 1.82) is 0 Å². The molecule has 2 aromatic carbocycles. The molecule has 0 atom stereocenters. The Bertz CT molecular complexity index is 836. The Morgan fingerprint density at radius 2 is 1.69 bits per heavy atom. The Balaban J connectivity index is 2.17. The van der Waals surface area contributed by atoms with Gasteiger partial charge in [0.1, 0.15) is 12.3 Å². The molecule has 0 aliphatic heterocycles. The first-order chi connectivity index (χ1) is 12.3. The Labute approximate surface area is 154 Å². The molecular formula is C19H24N2O4S. The molecule has 1 N–H and O–H groups in total. The second-order valence-corrected chi connectivity index (χ2v) is 8.07. The van der Waals surface area contributed by atoms with E-state index < -0.39 is 15.9 Å². The van der Waals surface area contributed by atoms with Gasteiger partial charge in [0, 0.05) is 6.54 Å². The maximum absolute atomic E-state index is 12.3. The molecule has 0 aliphatic rings. The van der Waals surface area contributed by atoms with Crippen molar-refractivity contribution in [1.82, 2.24) is 5.32 Å². The van der Waals surface area contributed by atoms with Gasteiger partial charge in [-0.05, 0) is 31.5 Å². The third-order valence-corrected chi connectivity index (χ3v) is 4.64. The smallest absolute Gasteiger partial charge is 0.241 e. The largest absolute Gasteiger partial charge is 0.489 e. The van der Waals surface area contributed by atoms with E-state index in [0.717, 1.165) is 16.1 Å². The molecule has 2 aromatic rings. The zero-order chi connectivity index (χ0) is 19.2. The standard InChI is InChI=1S/C19H24N2O4S/c1-15(2)25-18-12-8-7-11-17(18)21(26(3,23)24)14-19(22)20-13-16-9-5-4-6-10-16/h4-12,15H,13-14H2,1-3H3,(H,20,22). The lowest BCUT2D eigenvalue weighted by Crippen LogP contribution is -2.40. The molecule has 0 unspecified atom stereocenters. The van der Waals surface area contributed by atoms with Crippen LogP contribution < -0.4 is 14.4 Å². The number of carbonyl (C=O) groups is 1. The van der Waals surface area contributed by atoms with E-state index in [1.807, 2.05) is 44.2 Å². The van der Waals surface area contributed by atoms with Crippen LogP contribution in [0.3, 0.4) is 0 Å². The fourth-order valence-electron chi connectivity index (χ4n) is 2.38. The van der Waals surface area contributed by atoms with Crippen LogP contribution in [0.15, 0.2) is 54.6 Å². The molecule has 0 radical (unpaired) electrons. The van der Waals surface area contributed by atoms with Gasteiger partial charge >= 0.3 is 0 Å². The summed E-state index contributed by atoms with van der Waals surface area (Å²) in [6.07, 6.45) is 0.952. The van der Waals surface area contributed by atoms with Crippen molar-refractivity contribution in [3.63, 3.8) is 0 Å². The SMILES string of the molecule is CC(C)Oc1ccccc1N(CC(=O)NCc1ccccc1)S(C)(=O)=O. The number of amides is 1. The summed E-state index contributed by atoms with van der Waals surface area (Å²) in [5, 5.41) is 2.75. The van der Waals surface area contributed by atoms with E-state index in [1.54, 1.807) is 24.3 Å². The van der Waals surface area contributed by atoms with Crippen LogP contribution in [-0.4, -0.2) is 33.2 Å². The second-order valence-electron chi connectivity index (χ2n) is 6.17. The molecule has 0 spiro atoms. The molecule has 140 valence electrons. The number of hydrogen-bond donors (Lipinski definition) is 1. The van der Waals surface area contributed by atoms with Gasteiger partial charge < -0.3 is 10.1 Å². The van der Waals surface area contributed by atoms with Crippen LogP contribution >= 0.6 is 0 Å². The zero-order valence-electron chi connectivity index (χ0n) is 15.2. The van der Waals surface area contributed by atoms with Crippen LogP contribution in [0.2, 0.25) is 0 Å². The van der Waals surface area contributed by atoms with Gasteiger partial charge in [0.15, 0.2) is 0 Å². The highest BCUT2D eigenvalue weighted by Gasteiger charge is 2.24. The third kappa shape index (κ3) is 5.77. The van der Waals surface area contributed by atoms with Crippen molar-refractivity contribution < 1.29 is 17.9 Å². The molecule has 6 nitrogen and oxygen atoms in total. The maximum atomic E-state index is 12.3. The quantitative estimate of drug-likeness (QED) is 0.768. The maximum Gasteiger partial charge on any atom is 0.241 e. The predicted octanol–water partition coefficient (Wildman–Crippen LogP) is 2.56. The van der Waals surface area contributed by atoms with E-state index in [-0.39, 0.29) is 12.6 Å². The number of hydrogen-bond acceptors (Lipinski definition) is 4. The Hall–Kier alpha value is -2.54. The molecule has 1 amide bonds. The summed E-state index contributed by atoms with van der Waals surface area (Å²) in [6.45, 7) is 3.73. The molecular weight excluding hydrogens is 352 g/mol. The number of anilines is 1. The van der Waals surface area contributed by atoms with Gasteiger partial charge in [-0.15, -0.1) is 0 Å². The van der Waals surface area contributed by atoms with Gasteiger partial charge in [-0.25, -0.2) is 8.42 Å². The monoisotopic (exact) mass is 376 g/mol. The zero-order valence-corrected chi connectivity index (χ0v) is 16.0. The van der Waals surface area contributed by atoms with Gasteiger partial charge in [0.2, 0.25) is 15.9 Å². The van der Waals surface area contributed by atoms with Crippen LogP contribution in [0.25, 0.3) is 0 Å². The number of carbonyl (C=O) groups excluding carboxylic acids is 1. The molecule has 0 fully saturated rings. The summed E-state index contributed by atoms with van der Waals surface area (Å²) in [4.78, 5) is 12.3. The normalized spacial score (nSPS) is 11.2. The van der Waals surface area contributed by atoms with Gasteiger partial charge in [-0.1, -0.05) is 42.5 Å². The van der Waals surface area contributed by atoms with Gasteiger partial charge in [0.25, 0.3) is 0 Å². The lowest BCUT2D eigenvalue weighted by molar-refractivity contribution is -0.119. The van der Waals surface area contributed by atoms with E-state index in [1.165, 1.54) is 0 Å². The second kappa shape index (κ2) is 8.71. The summed E-state index contributed by atoms with van der Waals surface area (Å²) in [5.74, 6) is 0.0300. The minimum atomic E-state index is -3.66. The first-order valence-electron chi connectivity index (χ1n) is 8.31. The summed E-state index contributed by atoms with van der Waals surface area (Å²) in [6, 6.07) is 16.2. The number of para-hydroxylation sites is 2. The van der Waals surface area contributed by atoms with Crippen LogP contribution in [0.4, 0.5) is 5.69 Å². The van der Waals surface area contributed by atoms with Crippen LogP contribution in [-0.2, 0) is 21.4 Å². The minimum Gasteiger partial charge on any atom is -0.489 e. The average Bonchev–Trinajstić information content (AvgIpc) is 2.58. The molecule has 0 saturated heterocycles. The molecule has 7 heteroatoms. The van der Waals surface area contributed by atoms with Crippen molar-refractivity contribution in [2.75, 3.05) is 17.1 Å². The molecule has 0 bridgehead atoms. The Morgan fingerprint density at radius 3 is 2.31 bits per heavy atom. The number of ether oxygens (including phenoxy) is 1. The summed E-state index contributed by atoms with van der Waals surface area (Å²) < 4.78 is 31.3. The van der Waals surface area contributed by atoms with Gasteiger partial charge in [0.05, 0.1) is 18.0 Å². The summed E-state index contributed by atoms with van der Waals surface area (Å²) in [5.41, 5.74) is 1.29. The van der Waals surface area contributed by atoms with E-state index in [2.05, 4.69) is 5.32 Å². The lowest BCUT2D eigenvalue weighted by Gasteiger charge is -2.25. The molecule has 0 aliphatic carbocycles. The van der Waals surface area contributed by atoms with E-state index in [0.29, 0.717) is 18.0 Å². The molecule has 0 saturated carbocycles. The molecule has 2 rings (SSSR count). The van der Waals surface area contributed by atoms with Crippen LogP contribution in [0, 0.1) is 0 Å². The number of rotatable bonds is 8. The average molecular weight is 376 g/mol. The topological polar surface area (TPSA) is 75.7 Å². The van der Waals surface area contributed by atoms with Gasteiger partial charge in [-0.2, -0.15) is 0 Å². The third-order valence-electron chi connectivity index (χ3n) is 3.52. The fourth-order valence-corrected chi connectivity index (χ4v) is 3.24. The van der Waals surface area contributed by atoms with E-state index >= 15 is 0 Å². The number of nitrogens with zero attached hydrogens (tertiary/aromatic N) is 1. The number of benzene rings is 2. The summed E-state index contributed by atoms with van der Waals surface area (Å²) in [7, 11) is -3.66. The van der Waals surface area contributed by atoms with E-state index in [4.69, 9.17) is 4.74 Å². The number of sulfonamides is 1. The van der Waals surface area contributed by atoms with E-state index in [9.17, 15) is 13.2 Å². The van der Waals surface area contributed by atoms with Gasteiger partial charge in [-0.3, -0.25) is 9.10 Å². The fraction of sp³-hybridized carbons (Fsp3) is 0.316. The van der Waals surface area contributed by atoms with Crippen LogP contribution in [0.5, 0.6) is 5.75 Å². The van der Waals surface area contributed by atoms with Crippen LogP contribution in [0.1, 0.15) is 19.4 Å². The van der Waals surface area contributed by atoms with Crippen molar-refractivity contribution in [2.45, 2.75) is 26.5 Å². The highest BCUT2D eigenvalue weighted by Crippen LogP contribution is 2.30. The number of nitrogens with one attached hydrogen (secondary N) is 1. The highest BCUT2D eigenvalue weighted by molar-refractivity contribution is 7.92. The first-order valence-corrected chi connectivity index (χ1v) is 10.2. The molecule has 0 aromatic heterocycles. The lowest BCUT2D eigenvalue weighted by atomic mass is 10.2. The highest BCUT2D eigenvalue weighted by atomic mass is 32.2. The van der Waals surface area contributed by atoms with Crippen molar-refractivity contribution in [2.24, 2.45) is 0 Å². The van der Waals surface area contributed by atoms with Crippen molar-refractivity contribution in [3.8, 4) is 5.75 Å². The predicted molar refractivity (Wildman–Crippen MR) is 103 cm³/mol. The van der Waals surface area contributed by atoms with Crippen molar-refractivity contribution >= 4 is 21.6 Å². The Morgan fingerprint density at radius 1 is 1.08 bits per heavy atom. The molecule has 0 heterocycles. The van der Waals surface area contributed by atoms with Crippen molar-refractivity contribution in [3.05, 3.63) is 60.2 Å².